The molecule has 1 amide bonds. The van der Waals surface area contributed by atoms with Crippen LogP contribution in [0.3, 0.4) is 0 Å². The minimum Gasteiger partial charge on any atom is -0.497 e. The molecule has 170 valence electrons. The van der Waals surface area contributed by atoms with Gasteiger partial charge in [-0.05, 0) is 65.7 Å². The lowest BCUT2D eigenvalue weighted by atomic mass is 10.0. The number of nitrogens with one attached hydrogen (secondary N) is 2. The second-order valence-corrected chi connectivity index (χ2v) is 8.47. The molecule has 0 fully saturated rings. The summed E-state index contributed by atoms with van der Waals surface area (Å²) in [6.07, 6.45) is 2.04. The van der Waals surface area contributed by atoms with Crippen LogP contribution in [0.15, 0.2) is 78.9 Å². The van der Waals surface area contributed by atoms with Crippen molar-refractivity contribution < 1.29 is 9.53 Å². The molecule has 1 aliphatic heterocycles. The highest BCUT2D eigenvalue weighted by atomic mass is 35.5. The van der Waals surface area contributed by atoms with Gasteiger partial charge >= 0.3 is 0 Å². The van der Waals surface area contributed by atoms with Crippen LogP contribution in [0.25, 0.3) is 5.70 Å². The number of hydrogen-bond acceptors (Lipinski definition) is 5. The van der Waals surface area contributed by atoms with Crippen LogP contribution in [-0.2, 0) is 0 Å². The molecule has 7 nitrogen and oxygen atoms in total. The standard InChI is InChI=1S/C25H19Cl2N5O2/c1-34-20-12-6-17(7-13-20)23(33)29-24-30-25-28-21(15-2-8-18(26)9-3-15)14-22(32(25)31-24)16-4-10-19(27)11-5-16/h2-14,22H,1H3,(H2,28,29,30,31,33). The molecule has 0 bridgehead atoms. The maximum atomic E-state index is 12.7. The highest BCUT2D eigenvalue weighted by Crippen LogP contribution is 2.34. The topological polar surface area (TPSA) is 81.1 Å². The minimum absolute atomic E-state index is 0.188. The van der Waals surface area contributed by atoms with Gasteiger partial charge in [-0.25, -0.2) is 4.68 Å². The lowest BCUT2D eigenvalue weighted by Gasteiger charge is -2.24. The Morgan fingerprint density at radius 2 is 1.62 bits per heavy atom. The number of fused-ring (bicyclic) bond motifs is 1. The van der Waals surface area contributed by atoms with Crippen LogP contribution >= 0.6 is 23.2 Å². The SMILES string of the molecule is COc1ccc(C(=O)Nc2nc3n(n2)C(c2ccc(Cl)cc2)C=C(c2ccc(Cl)cc2)N3)cc1. The molecular formula is C25H19Cl2N5O2. The van der Waals surface area contributed by atoms with Crippen molar-refractivity contribution in [1.82, 2.24) is 14.8 Å². The first-order chi connectivity index (χ1) is 16.5. The van der Waals surface area contributed by atoms with Crippen LogP contribution in [0.4, 0.5) is 11.9 Å². The molecule has 0 saturated carbocycles. The van der Waals surface area contributed by atoms with E-state index in [2.05, 4.69) is 20.7 Å². The van der Waals surface area contributed by atoms with Crippen LogP contribution in [0.2, 0.25) is 10.0 Å². The summed E-state index contributed by atoms with van der Waals surface area (Å²) in [6.45, 7) is 0. The van der Waals surface area contributed by atoms with E-state index in [1.165, 1.54) is 0 Å². The van der Waals surface area contributed by atoms with Gasteiger partial charge in [0.25, 0.3) is 11.9 Å². The predicted octanol–water partition coefficient (Wildman–Crippen LogP) is 5.90. The predicted molar refractivity (Wildman–Crippen MR) is 134 cm³/mol. The Hall–Kier alpha value is -3.81. The van der Waals surface area contributed by atoms with Gasteiger partial charge in [0.05, 0.1) is 7.11 Å². The van der Waals surface area contributed by atoms with Crippen molar-refractivity contribution in [1.29, 1.82) is 0 Å². The van der Waals surface area contributed by atoms with Crippen molar-refractivity contribution in [2.75, 3.05) is 17.7 Å². The zero-order valence-electron chi connectivity index (χ0n) is 18.0. The molecule has 0 radical (unpaired) electrons. The van der Waals surface area contributed by atoms with Crippen LogP contribution in [0, 0.1) is 0 Å². The number of aromatic nitrogens is 3. The molecule has 34 heavy (non-hydrogen) atoms. The van der Waals surface area contributed by atoms with Gasteiger partial charge in [0.1, 0.15) is 11.8 Å². The summed E-state index contributed by atoms with van der Waals surface area (Å²) in [5.74, 6) is 1.04. The minimum atomic E-state index is -0.320. The largest absolute Gasteiger partial charge is 0.497 e. The Morgan fingerprint density at radius 3 is 2.26 bits per heavy atom. The Balaban J connectivity index is 1.48. The van der Waals surface area contributed by atoms with E-state index in [-0.39, 0.29) is 17.9 Å². The normalized spacial score (nSPS) is 14.6. The molecule has 1 unspecified atom stereocenters. The number of carbonyl (C=O) groups excluding carboxylic acids is 1. The van der Waals surface area contributed by atoms with Gasteiger partial charge in [0.2, 0.25) is 5.95 Å². The van der Waals surface area contributed by atoms with Gasteiger partial charge < -0.3 is 10.1 Å². The second-order valence-electron chi connectivity index (χ2n) is 7.59. The van der Waals surface area contributed by atoms with E-state index < -0.39 is 0 Å². The first-order valence-corrected chi connectivity index (χ1v) is 11.2. The molecule has 0 aliphatic carbocycles. The lowest BCUT2D eigenvalue weighted by molar-refractivity contribution is 0.102. The molecule has 1 atom stereocenters. The highest BCUT2D eigenvalue weighted by molar-refractivity contribution is 6.30. The van der Waals surface area contributed by atoms with Gasteiger partial charge in [-0.1, -0.05) is 47.5 Å². The number of methoxy groups -OCH3 is 1. The quantitative estimate of drug-likeness (QED) is 0.363. The third kappa shape index (κ3) is 4.48. The number of benzene rings is 3. The van der Waals surface area contributed by atoms with Crippen LogP contribution in [0.1, 0.15) is 27.5 Å². The molecule has 1 aromatic heterocycles. The summed E-state index contributed by atoms with van der Waals surface area (Å²) in [4.78, 5) is 17.3. The number of rotatable bonds is 5. The third-order valence-electron chi connectivity index (χ3n) is 5.41. The summed E-state index contributed by atoms with van der Waals surface area (Å²) in [6, 6.07) is 21.6. The average molecular weight is 492 g/mol. The van der Waals surface area contributed by atoms with Crippen molar-refractivity contribution in [3.05, 3.63) is 106 Å². The number of hydrogen-bond donors (Lipinski definition) is 2. The molecule has 0 saturated heterocycles. The van der Waals surface area contributed by atoms with Crippen molar-refractivity contribution in [2.45, 2.75) is 6.04 Å². The molecular weight excluding hydrogens is 473 g/mol. The first-order valence-electron chi connectivity index (χ1n) is 10.4. The fourth-order valence-corrected chi connectivity index (χ4v) is 3.91. The molecule has 2 N–H and O–H groups in total. The van der Waals surface area contributed by atoms with Gasteiger partial charge in [0, 0.05) is 21.3 Å². The first kappa shape index (κ1) is 22.0. The molecule has 3 aromatic carbocycles. The zero-order valence-corrected chi connectivity index (χ0v) is 19.5. The molecule has 5 rings (SSSR count). The van der Waals surface area contributed by atoms with Crippen molar-refractivity contribution in [2.24, 2.45) is 0 Å². The number of allylic oxidation sites excluding steroid dienone is 1. The van der Waals surface area contributed by atoms with Gasteiger partial charge in [0.15, 0.2) is 0 Å². The average Bonchev–Trinajstić information content (AvgIpc) is 3.27. The Labute approximate surface area is 206 Å². The molecule has 9 heteroatoms. The number of amides is 1. The fraction of sp³-hybridized carbons (Fsp3) is 0.0800. The Morgan fingerprint density at radius 1 is 0.971 bits per heavy atom. The van der Waals surface area contributed by atoms with E-state index in [4.69, 9.17) is 27.9 Å². The second kappa shape index (κ2) is 9.21. The number of halogens is 2. The number of ether oxygens (including phenoxy) is 1. The lowest BCUT2D eigenvalue weighted by Crippen LogP contribution is -2.20. The maximum Gasteiger partial charge on any atom is 0.258 e. The van der Waals surface area contributed by atoms with Gasteiger partial charge in [-0.2, -0.15) is 4.98 Å². The number of carbonyl (C=O) groups is 1. The summed E-state index contributed by atoms with van der Waals surface area (Å²) in [5.41, 5.74) is 3.23. The van der Waals surface area contributed by atoms with E-state index in [1.54, 1.807) is 36.1 Å². The van der Waals surface area contributed by atoms with Gasteiger partial charge in [-0.15, -0.1) is 5.10 Å². The summed E-state index contributed by atoms with van der Waals surface area (Å²) in [5, 5.41) is 11.9. The van der Waals surface area contributed by atoms with E-state index >= 15 is 0 Å². The molecule has 1 aliphatic rings. The number of nitrogens with zero attached hydrogens (tertiary/aromatic N) is 3. The van der Waals surface area contributed by atoms with Gasteiger partial charge in [-0.3, -0.25) is 10.1 Å². The summed E-state index contributed by atoms with van der Waals surface area (Å²) < 4.78 is 6.88. The van der Waals surface area contributed by atoms with Crippen molar-refractivity contribution in [3.63, 3.8) is 0 Å². The van der Waals surface area contributed by atoms with E-state index in [0.717, 1.165) is 16.8 Å². The van der Waals surface area contributed by atoms with E-state index in [9.17, 15) is 4.79 Å². The fourth-order valence-electron chi connectivity index (χ4n) is 3.66. The van der Waals surface area contributed by atoms with Crippen LogP contribution < -0.4 is 15.4 Å². The van der Waals surface area contributed by atoms with E-state index in [1.807, 2.05) is 54.6 Å². The van der Waals surface area contributed by atoms with Crippen molar-refractivity contribution in [3.8, 4) is 5.75 Å². The van der Waals surface area contributed by atoms with E-state index in [0.29, 0.717) is 27.3 Å². The van der Waals surface area contributed by atoms with Crippen molar-refractivity contribution >= 4 is 46.7 Å². The smallest absolute Gasteiger partial charge is 0.258 e. The van der Waals surface area contributed by atoms with Crippen LogP contribution in [-0.4, -0.2) is 27.8 Å². The summed E-state index contributed by atoms with van der Waals surface area (Å²) >= 11 is 12.2. The molecule has 4 aromatic rings. The monoisotopic (exact) mass is 491 g/mol. The Bertz CT molecular complexity index is 1360. The third-order valence-corrected chi connectivity index (χ3v) is 5.91. The van der Waals surface area contributed by atoms with Crippen LogP contribution in [0.5, 0.6) is 5.75 Å². The molecule has 0 spiro atoms. The number of anilines is 2. The zero-order chi connectivity index (χ0) is 23.7. The maximum absolute atomic E-state index is 12.7. The molecule has 2 heterocycles. The highest BCUT2D eigenvalue weighted by Gasteiger charge is 2.26. The summed E-state index contributed by atoms with van der Waals surface area (Å²) in [7, 11) is 1.57. The Kier molecular flexibility index (Phi) is 5.96.